The number of hydrogen-bond acceptors (Lipinski definition) is 4. The lowest BCUT2D eigenvalue weighted by molar-refractivity contribution is -0.151. The van der Waals surface area contributed by atoms with Crippen LogP contribution in [0, 0.1) is 5.92 Å². The predicted molar refractivity (Wildman–Crippen MR) is 112 cm³/mol. The molecule has 1 saturated heterocycles. The molecule has 2 aromatic carbocycles. The van der Waals surface area contributed by atoms with Crippen molar-refractivity contribution in [3.63, 3.8) is 0 Å². The molecule has 0 bridgehead atoms. The highest BCUT2D eigenvalue weighted by molar-refractivity contribution is 6.31. The van der Waals surface area contributed by atoms with E-state index in [1.54, 1.807) is 12.1 Å². The van der Waals surface area contributed by atoms with Crippen molar-refractivity contribution >= 4 is 40.8 Å². The van der Waals surface area contributed by atoms with Gasteiger partial charge in [-0.2, -0.15) is 13.2 Å². The largest absolute Gasteiger partial charge is 0.455 e. The number of alkyl halides is 3. The maximum Gasteiger partial charge on any atom is 0.417 e. The standard InChI is InChI=1S/C22H20ClF3N2O4/c1-2-13-3-6-16(7-4-13)28-11-14(9-20(28)30)21(31)32-12-19(29)27-15-5-8-18(23)17(10-15)22(24,25)26/h3-8,10,14H,2,9,11-12H2,1H3,(H,27,29)/t14-/m0/s1. The topological polar surface area (TPSA) is 75.7 Å². The molecule has 1 aliphatic rings. The molecule has 1 heterocycles. The quantitative estimate of drug-likeness (QED) is 0.635. The third-order valence-corrected chi connectivity index (χ3v) is 5.35. The van der Waals surface area contributed by atoms with Crippen LogP contribution in [0.1, 0.15) is 24.5 Å². The lowest BCUT2D eigenvalue weighted by atomic mass is 10.1. The van der Waals surface area contributed by atoms with Crippen molar-refractivity contribution in [1.29, 1.82) is 0 Å². The van der Waals surface area contributed by atoms with Gasteiger partial charge < -0.3 is 15.0 Å². The molecule has 1 fully saturated rings. The minimum absolute atomic E-state index is 0.0535. The summed E-state index contributed by atoms with van der Waals surface area (Å²) < 4.78 is 43.7. The van der Waals surface area contributed by atoms with E-state index >= 15 is 0 Å². The Labute approximate surface area is 187 Å². The Morgan fingerprint density at radius 3 is 2.50 bits per heavy atom. The Morgan fingerprint density at radius 2 is 1.88 bits per heavy atom. The summed E-state index contributed by atoms with van der Waals surface area (Å²) in [5, 5.41) is 1.73. The van der Waals surface area contributed by atoms with E-state index in [0.29, 0.717) is 11.8 Å². The van der Waals surface area contributed by atoms with Crippen molar-refractivity contribution in [1.82, 2.24) is 0 Å². The van der Waals surface area contributed by atoms with Gasteiger partial charge in [-0.25, -0.2) is 0 Å². The van der Waals surface area contributed by atoms with E-state index in [0.717, 1.165) is 18.1 Å². The highest BCUT2D eigenvalue weighted by Gasteiger charge is 2.36. The second-order valence-electron chi connectivity index (χ2n) is 7.27. The molecule has 3 rings (SSSR count). The normalized spacial score (nSPS) is 16.2. The number of esters is 1. The van der Waals surface area contributed by atoms with Crippen molar-refractivity contribution in [3.8, 4) is 0 Å². The molecule has 2 amide bonds. The first-order valence-corrected chi connectivity index (χ1v) is 10.2. The molecule has 6 nitrogen and oxygen atoms in total. The van der Waals surface area contributed by atoms with Crippen molar-refractivity contribution in [2.75, 3.05) is 23.4 Å². The summed E-state index contributed by atoms with van der Waals surface area (Å²) >= 11 is 5.54. The Morgan fingerprint density at radius 1 is 1.19 bits per heavy atom. The van der Waals surface area contributed by atoms with Crippen LogP contribution in [0.15, 0.2) is 42.5 Å². The molecule has 0 aromatic heterocycles. The van der Waals surface area contributed by atoms with Crippen LogP contribution in [0.4, 0.5) is 24.5 Å². The first kappa shape index (κ1) is 23.6. The lowest BCUT2D eigenvalue weighted by Gasteiger charge is -2.17. The average Bonchev–Trinajstić information content (AvgIpc) is 3.14. The number of nitrogens with one attached hydrogen (secondary N) is 1. The highest BCUT2D eigenvalue weighted by Crippen LogP contribution is 2.36. The number of benzene rings is 2. The van der Waals surface area contributed by atoms with Crippen molar-refractivity contribution in [3.05, 3.63) is 58.6 Å². The maximum atomic E-state index is 12.9. The van der Waals surface area contributed by atoms with Crippen LogP contribution < -0.4 is 10.2 Å². The van der Waals surface area contributed by atoms with Gasteiger partial charge >= 0.3 is 12.1 Å². The van der Waals surface area contributed by atoms with Crippen LogP contribution >= 0.6 is 11.6 Å². The number of amides is 2. The first-order valence-electron chi connectivity index (χ1n) is 9.81. The Bertz CT molecular complexity index is 1020. The SMILES string of the molecule is CCc1ccc(N2C[C@@H](C(=O)OCC(=O)Nc3ccc(Cl)c(C(F)(F)F)c3)CC2=O)cc1. The molecule has 0 unspecified atom stereocenters. The zero-order valence-corrected chi connectivity index (χ0v) is 17.8. The number of carbonyl (C=O) groups is 3. The van der Waals surface area contributed by atoms with Gasteiger partial charge in [-0.15, -0.1) is 0 Å². The van der Waals surface area contributed by atoms with Crippen LogP contribution in [-0.4, -0.2) is 30.9 Å². The van der Waals surface area contributed by atoms with Gasteiger partial charge in [-0.1, -0.05) is 30.7 Å². The molecule has 0 radical (unpaired) electrons. The second kappa shape index (κ2) is 9.60. The summed E-state index contributed by atoms with van der Waals surface area (Å²) in [5.74, 6) is -2.52. The van der Waals surface area contributed by atoms with E-state index in [9.17, 15) is 27.6 Å². The molecule has 0 spiro atoms. The molecule has 2 aromatic rings. The number of aryl methyl sites for hydroxylation is 1. The van der Waals surface area contributed by atoms with Gasteiger partial charge in [0.15, 0.2) is 6.61 Å². The summed E-state index contributed by atoms with van der Waals surface area (Å²) in [6.07, 6.45) is -3.87. The third-order valence-electron chi connectivity index (χ3n) is 5.02. The Balaban J connectivity index is 1.54. The molecule has 1 aliphatic heterocycles. The Kier molecular flexibility index (Phi) is 7.08. The number of nitrogens with zero attached hydrogens (tertiary/aromatic N) is 1. The van der Waals surface area contributed by atoms with Crippen LogP contribution in [-0.2, 0) is 31.7 Å². The van der Waals surface area contributed by atoms with Gasteiger partial charge in [0, 0.05) is 24.3 Å². The molecule has 10 heteroatoms. The molecule has 1 atom stereocenters. The molecule has 0 saturated carbocycles. The second-order valence-corrected chi connectivity index (χ2v) is 7.68. The molecule has 32 heavy (non-hydrogen) atoms. The van der Waals surface area contributed by atoms with Gasteiger partial charge in [0.25, 0.3) is 5.91 Å². The van der Waals surface area contributed by atoms with E-state index in [1.165, 1.54) is 11.0 Å². The minimum Gasteiger partial charge on any atom is -0.455 e. The number of carbonyl (C=O) groups excluding carboxylic acids is 3. The zero-order valence-electron chi connectivity index (χ0n) is 17.0. The first-order chi connectivity index (χ1) is 15.1. The van der Waals surface area contributed by atoms with Gasteiger partial charge in [0.1, 0.15) is 0 Å². The fraction of sp³-hybridized carbons (Fsp3) is 0.318. The molecular formula is C22H20ClF3N2O4. The average molecular weight is 469 g/mol. The third kappa shape index (κ3) is 5.59. The van der Waals surface area contributed by atoms with E-state index in [4.69, 9.17) is 16.3 Å². The number of anilines is 2. The van der Waals surface area contributed by atoms with Crippen LogP contribution in [0.5, 0.6) is 0 Å². The van der Waals surface area contributed by atoms with E-state index < -0.39 is 41.2 Å². The lowest BCUT2D eigenvalue weighted by Crippen LogP contribution is -2.28. The predicted octanol–water partition coefficient (Wildman–Crippen LogP) is 4.46. The van der Waals surface area contributed by atoms with E-state index in [-0.39, 0.29) is 24.6 Å². The summed E-state index contributed by atoms with van der Waals surface area (Å²) in [6, 6.07) is 10.3. The van der Waals surface area contributed by atoms with Crippen LogP contribution in [0.25, 0.3) is 0 Å². The van der Waals surface area contributed by atoms with Crippen LogP contribution in [0.3, 0.4) is 0 Å². The van der Waals surface area contributed by atoms with Crippen molar-refractivity contribution < 1.29 is 32.3 Å². The Hall–Kier alpha value is -3.07. The van der Waals surface area contributed by atoms with Gasteiger partial charge in [-0.3, -0.25) is 14.4 Å². The van der Waals surface area contributed by atoms with Crippen molar-refractivity contribution in [2.45, 2.75) is 25.9 Å². The smallest absolute Gasteiger partial charge is 0.417 e. The fourth-order valence-electron chi connectivity index (χ4n) is 3.30. The van der Waals surface area contributed by atoms with E-state index in [1.807, 2.05) is 19.1 Å². The highest BCUT2D eigenvalue weighted by atomic mass is 35.5. The number of ether oxygens (including phenoxy) is 1. The number of rotatable bonds is 6. The molecule has 170 valence electrons. The molecule has 0 aliphatic carbocycles. The fourth-order valence-corrected chi connectivity index (χ4v) is 3.52. The summed E-state index contributed by atoms with van der Waals surface area (Å²) in [5.41, 5.74) is 0.555. The van der Waals surface area contributed by atoms with E-state index in [2.05, 4.69) is 5.32 Å². The summed E-state index contributed by atoms with van der Waals surface area (Å²) in [7, 11) is 0. The summed E-state index contributed by atoms with van der Waals surface area (Å²) in [4.78, 5) is 38.1. The van der Waals surface area contributed by atoms with Crippen molar-refractivity contribution in [2.24, 2.45) is 5.92 Å². The van der Waals surface area contributed by atoms with Gasteiger partial charge in [0.2, 0.25) is 5.91 Å². The van der Waals surface area contributed by atoms with Gasteiger partial charge in [0.05, 0.1) is 16.5 Å². The minimum atomic E-state index is -4.68. The molecular weight excluding hydrogens is 449 g/mol. The monoisotopic (exact) mass is 468 g/mol. The zero-order chi connectivity index (χ0) is 23.5. The summed E-state index contributed by atoms with van der Waals surface area (Å²) in [6.45, 7) is 1.44. The number of hydrogen-bond donors (Lipinski definition) is 1. The molecule has 1 N–H and O–H groups in total. The maximum absolute atomic E-state index is 12.9. The number of halogens is 4. The van der Waals surface area contributed by atoms with Gasteiger partial charge in [-0.05, 0) is 42.3 Å². The van der Waals surface area contributed by atoms with Crippen LogP contribution in [0.2, 0.25) is 5.02 Å².